The molecule has 0 fully saturated rings. The van der Waals surface area contributed by atoms with Crippen LogP contribution in [0.2, 0.25) is 0 Å². The van der Waals surface area contributed by atoms with Gasteiger partial charge in [0.15, 0.2) is 0 Å². The van der Waals surface area contributed by atoms with Gasteiger partial charge in [-0.05, 0) is 68.3 Å². The van der Waals surface area contributed by atoms with Crippen LogP contribution in [0, 0.1) is 0 Å². The van der Waals surface area contributed by atoms with Gasteiger partial charge in [0, 0.05) is 5.69 Å². The van der Waals surface area contributed by atoms with E-state index in [9.17, 15) is 13.2 Å². The molecule has 0 spiro atoms. The van der Waals surface area contributed by atoms with Crippen molar-refractivity contribution in [3.63, 3.8) is 0 Å². The fourth-order valence-electron chi connectivity index (χ4n) is 3.37. The standard InChI is InChI=1S/C26H29N3O4S/c1-18(2)19-10-8-11-20(16-19)26(3,4)28-25(30)27-21-12-9-13-22(17-21)34(31,32)29-23-14-6-7-15-24(23)33-5/h6-17,29H,1H2,2-5H3,(H2,27,28,30). The number of rotatable bonds is 8. The molecule has 3 aromatic rings. The molecule has 0 aliphatic heterocycles. The van der Waals surface area contributed by atoms with Gasteiger partial charge in [0.1, 0.15) is 5.75 Å². The van der Waals surface area contributed by atoms with E-state index in [0.29, 0.717) is 17.1 Å². The second-order valence-electron chi connectivity index (χ2n) is 8.40. The second-order valence-corrected chi connectivity index (χ2v) is 10.1. The fourth-order valence-corrected chi connectivity index (χ4v) is 4.48. The maximum atomic E-state index is 12.9. The third-order valence-corrected chi connectivity index (χ3v) is 6.62. The lowest BCUT2D eigenvalue weighted by Crippen LogP contribution is -2.43. The lowest BCUT2D eigenvalue weighted by atomic mass is 9.92. The van der Waals surface area contributed by atoms with E-state index in [4.69, 9.17) is 4.74 Å². The molecule has 0 saturated heterocycles. The number of carbonyl (C=O) groups is 1. The average molecular weight is 480 g/mol. The Balaban J connectivity index is 1.75. The summed E-state index contributed by atoms with van der Waals surface area (Å²) in [5, 5.41) is 5.66. The Morgan fingerprint density at radius 3 is 2.38 bits per heavy atom. The van der Waals surface area contributed by atoms with Crippen LogP contribution in [0.25, 0.3) is 5.57 Å². The van der Waals surface area contributed by atoms with Gasteiger partial charge in [-0.25, -0.2) is 13.2 Å². The molecule has 0 bridgehead atoms. The molecule has 0 aromatic heterocycles. The van der Waals surface area contributed by atoms with Crippen molar-refractivity contribution in [1.82, 2.24) is 5.32 Å². The number of urea groups is 1. The molecule has 2 amide bonds. The lowest BCUT2D eigenvalue weighted by Gasteiger charge is -2.27. The largest absolute Gasteiger partial charge is 0.495 e. The van der Waals surface area contributed by atoms with Crippen LogP contribution >= 0.6 is 0 Å². The summed E-state index contributed by atoms with van der Waals surface area (Å²) >= 11 is 0. The molecule has 3 rings (SSSR count). The van der Waals surface area contributed by atoms with E-state index < -0.39 is 21.6 Å². The van der Waals surface area contributed by atoms with Crippen LogP contribution in [0.5, 0.6) is 5.75 Å². The van der Waals surface area contributed by atoms with Crippen molar-refractivity contribution in [2.45, 2.75) is 31.2 Å². The maximum Gasteiger partial charge on any atom is 0.319 e. The van der Waals surface area contributed by atoms with Crippen molar-refractivity contribution in [2.75, 3.05) is 17.1 Å². The zero-order chi connectivity index (χ0) is 24.9. The fraction of sp³-hybridized carbons (Fsp3) is 0.192. The highest BCUT2D eigenvalue weighted by molar-refractivity contribution is 7.92. The molecule has 3 N–H and O–H groups in total. The van der Waals surface area contributed by atoms with E-state index in [1.807, 2.05) is 45.0 Å². The molecule has 0 heterocycles. The summed E-state index contributed by atoms with van der Waals surface area (Å²) in [6.45, 7) is 9.68. The second kappa shape index (κ2) is 10.0. The van der Waals surface area contributed by atoms with Crippen LogP contribution in [0.15, 0.2) is 84.3 Å². The Morgan fingerprint density at radius 1 is 0.971 bits per heavy atom. The van der Waals surface area contributed by atoms with Gasteiger partial charge in [-0.15, -0.1) is 0 Å². The van der Waals surface area contributed by atoms with Crippen LogP contribution in [-0.2, 0) is 15.6 Å². The van der Waals surface area contributed by atoms with Crippen LogP contribution in [-0.4, -0.2) is 21.6 Å². The minimum absolute atomic E-state index is 0.00428. The van der Waals surface area contributed by atoms with Crippen LogP contribution in [0.4, 0.5) is 16.2 Å². The van der Waals surface area contributed by atoms with Gasteiger partial charge in [-0.2, -0.15) is 0 Å². The van der Waals surface area contributed by atoms with E-state index in [1.54, 1.807) is 36.4 Å². The first kappa shape index (κ1) is 24.9. The van der Waals surface area contributed by atoms with Crippen molar-refractivity contribution >= 4 is 33.0 Å². The van der Waals surface area contributed by atoms with Crippen molar-refractivity contribution in [1.29, 1.82) is 0 Å². The molecule has 8 heteroatoms. The molecule has 0 saturated carbocycles. The summed E-state index contributed by atoms with van der Waals surface area (Å²) < 4.78 is 33.5. The van der Waals surface area contributed by atoms with Crippen molar-refractivity contribution in [3.8, 4) is 5.75 Å². The van der Waals surface area contributed by atoms with Crippen LogP contribution in [0.1, 0.15) is 31.9 Å². The quantitative estimate of drug-likeness (QED) is 0.393. The Morgan fingerprint density at radius 2 is 1.68 bits per heavy atom. The van der Waals surface area contributed by atoms with Gasteiger partial charge < -0.3 is 15.4 Å². The maximum absolute atomic E-state index is 12.9. The zero-order valence-electron chi connectivity index (χ0n) is 19.7. The number of hydrogen-bond acceptors (Lipinski definition) is 4. The van der Waals surface area contributed by atoms with E-state index in [0.717, 1.165) is 16.7 Å². The summed E-state index contributed by atoms with van der Waals surface area (Å²) in [7, 11) is -2.44. The first-order valence-corrected chi connectivity index (χ1v) is 12.1. The number of para-hydroxylation sites is 2. The molecule has 0 unspecified atom stereocenters. The van der Waals surface area contributed by atoms with Crippen molar-refractivity contribution in [3.05, 3.63) is 90.5 Å². The monoisotopic (exact) mass is 479 g/mol. The average Bonchev–Trinajstić information content (AvgIpc) is 2.79. The normalized spacial score (nSPS) is 11.4. The molecular weight excluding hydrogens is 450 g/mol. The van der Waals surface area contributed by atoms with Gasteiger partial charge in [0.05, 0.1) is 23.2 Å². The molecule has 178 valence electrons. The highest BCUT2D eigenvalue weighted by Crippen LogP contribution is 2.27. The minimum atomic E-state index is -3.91. The number of methoxy groups -OCH3 is 1. The summed E-state index contributed by atoms with van der Waals surface area (Å²) in [4.78, 5) is 12.7. The molecule has 3 aromatic carbocycles. The van der Waals surface area contributed by atoms with Gasteiger partial charge in [0.2, 0.25) is 0 Å². The van der Waals surface area contributed by atoms with Crippen molar-refractivity contribution in [2.24, 2.45) is 0 Å². The Kier molecular flexibility index (Phi) is 7.32. The molecule has 7 nitrogen and oxygen atoms in total. The smallest absolute Gasteiger partial charge is 0.319 e. The third-order valence-electron chi connectivity index (χ3n) is 5.26. The van der Waals surface area contributed by atoms with E-state index in [2.05, 4.69) is 21.9 Å². The summed E-state index contributed by atoms with van der Waals surface area (Å²) in [6.07, 6.45) is 0. The Hall–Kier alpha value is -3.78. The molecule has 0 aliphatic rings. The van der Waals surface area contributed by atoms with Gasteiger partial charge >= 0.3 is 6.03 Å². The van der Waals surface area contributed by atoms with Crippen LogP contribution in [0.3, 0.4) is 0 Å². The summed E-state index contributed by atoms with van der Waals surface area (Å²) in [5.74, 6) is 0.401. The summed E-state index contributed by atoms with van der Waals surface area (Å²) in [6, 6.07) is 20.1. The number of nitrogens with one attached hydrogen (secondary N) is 3. The lowest BCUT2D eigenvalue weighted by molar-refractivity contribution is 0.242. The SMILES string of the molecule is C=C(C)c1cccc(C(C)(C)NC(=O)Nc2cccc(S(=O)(=O)Nc3ccccc3OC)c2)c1. The van der Waals surface area contributed by atoms with Gasteiger partial charge in [-0.1, -0.05) is 48.6 Å². The number of hydrogen-bond donors (Lipinski definition) is 3. The molecule has 34 heavy (non-hydrogen) atoms. The van der Waals surface area contributed by atoms with Crippen LogP contribution < -0.4 is 20.1 Å². The van der Waals surface area contributed by atoms with Gasteiger partial charge in [0.25, 0.3) is 10.0 Å². The number of anilines is 2. The third kappa shape index (κ3) is 5.96. The summed E-state index contributed by atoms with van der Waals surface area (Å²) in [5.41, 5.74) is 2.83. The molecular formula is C26H29N3O4S. The van der Waals surface area contributed by atoms with E-state index in [1.165, 1.54) is 19.2 Å². The predicted molar refractivity (Wildman–Crippen MR) is 137 cm³/mol. The number of carbonyl (C=O) groups excluding carboxylic acids is 1. The zero-order valence-corrected chi connectivity index (χ0v) is 20.5. The molecule has 0 aliphatic carbocycles. The minimum Gasteiger partial charge on any atom is -0.495 e. The predicted octanol–water partition coefficient (Wildman–Crippen LogP) is 5.59. The number of amides is 2. The van der Waals surface area contributed by atoms with E-state index in [-0.39, 0.29) is 4.90 Å². The number of sulfonamides is 1. The first-order chi connectivity index (χ1) is 16.0. The Bertz CT molecular complexity index is 1320. The Labute approximate surface area is 200 Å². The molecule has 0 radical (unpaired) electrons. The number of allylic oxidation sites excluding steroid dienone is 1. The number of ether oxygens (including phenoxy) is 1. The van der Waals surface area contributed by atoms with Crippen molar-refractivity contribution < 1.29 is 17.9 Å². The highest BCUT2D eigenvalue weighted by atomic mass is 32.2. The van der Waals surface area contributed by atoms with Gasteiger partial charge in [-0.3, -0.25) is 4.72 Å². The number of benzene rings is 3. The van der Waals surface area contributed by atoms with E-state index >= 15 is 0 Å². The highest BCUT2D eigenvalue weighted by Gasteiger charge is 2.24. The first-order valence-electron chi connectivity index (χ1n) is 10.6. The molecule has 0 atom stereocenters. The topological polar surface area (TPSA) is 96.5 Å².